The number of halogens is 2. The molecule has 1 rings (SSSR count). The predicted molar refractivity (Wildman–Crippen MR) is 73.4 cm³/mol. The Kier molecular flexibility index (Phi) is 6.78. The van der Waals surface area contributed by atoms with Crippen molar-refractivity contribution in [1.82, 2.24) is 5.32 Å². The van der Waals surface area contributed by atoms with Crippen LogP contribution in [-0.4, -0.2) is 19.2 Å². The first-order chi connectivity index (χ1) is 8.97. The molecule has 0 saturated heterocycles. The minimum absolute atomic E-state index is 0.231. The molecule has 2 nitrogen and oxygen atoms in total. The standard InChI is InChI=1S/C15H23F2NO/c1-11(2)4-5-12(3)18-6-7-19-15-9-13(16)8-14(17)10-15/h8-12,18H,4-7H2,1-3H3. The lowest BCUT2D eigenvalue weighted by molar-refractivity contribution is 0.300. The van der Waals surface area contributed by atoms with Gasteiger partial charge < -0.3 is 10.1 Å². The van der Waals surface area contributed by atoms with Crippen molar-refractivity contribution in [2.24, 2.45) is 5.92 Å². The van der Waals surface area contributed by atoms with Crippen LogP contribution in [0.3, 0.4) is 0 Å². The minimum Gasteiger partial charge on any atom is -0.492 e. The van der Waals surface area contributed by atoms with Gasteiger partial charge in [-0.3, -0.25) is 0 Å². The van der Waals surface area contributed by atoms with Crippen LogP contribution in [0.5, 0.6) is 5.75 Å². The van der Waals surface area contributed by atoms with E-state index in [1.54, 1.807) is 0 Å². The fourth-order valence-electron chi connectivity index (χ4n) is 1.77. The maximum Gasteiger partial charge on any atom is 0.129 e. The van der Waals surface area contributed by atoms with Crippen molar-refractivity contribution in [1.29, 1.82) is 0 Å². The molecule has 1 aromatic carbocycles. The smallest absolute Gasteiger partial charge is 0.129 e. The predicted octanol–water partition coefficient (Wildman–Crippen LogP) is 3.76. The number of nitrogens with one attached hydrogen (secondary N) is 1. The van der Waals surface area contributed by atoms with Gasteiger partial charge in [-0.2, -0.15) is 0 Å². The highest BCUT2D eigenvalue weighted by Crippen LogP contribution is 2.15. The van der Waals surface area contributed by atoms with E-state index in [9.17, 15) is 8.78 Å². The molecular formula is C15H23F2NO. The summed E-state index contributed by atoms with van der Waals surface area (Å²) in [7, 11) is 0. The summed E-state index contributed by atoms with van der Waals surface area (Å²) in [6, 6.07) is 3.63. The van der Waals surface area contributed by atoms with Crippen LogP contribution in [0.2, 0.25) is 0 Å². The number of ether oxygens (including phenoxy) is 1. The lowest BCUT2D eigenvalue weighted by atomic mass is 10.0. The Hall–Kier alpha value is -1.16. The molecule has 1 N–H and O–H groups in total. The van der Waals surface area contributed by atoms with E-state index in [4.69, 9.17) is 4.74 Å². The molecule has 0 spiro atoms. The second-order valence-corrected chi connectivity index (χ2v) is 5.28. The van der Waals surface area contributed by atoms with Gasteiger partial charge >= 0.3 is 0 Å². The van der Waals surface area contributed by atoms with Crippen molar-refractivity contribution >= 4 is 0 Å². The number of hydrogen-bond acceptors (Lipinski definition) is 2. The van der Waals surface area contributed by atoms with Crippen molar-refractivity contribution in [2.75, 3.05) is 13.2 Å². The van der Waals surface area contributed by atoms with Crippen LogP contribution in [0.1, 0.15) is 33.6 Å². The van der Waals surface area contributed by atoms with Gasteiger partial charge in [0.1, 0.15) is 24.0 Å². The van der Waals surface area contributed by atoms with Crippen LogP contribution in [0, 0.1) is 17.6 Å². The maximum atomic E-state index is 12.9. The Morgan fingerprint density at radius 3 is 2.26 bits per heavy atom. The van der Waals surface area contributed by atoms with Gasteiger partial charge in [0.25, 0.3) is 0 Å². The van der Waals surface area contributed by atoms with Gasteiger partial charge in [0.15, 0.2) is 0 Å². The molecule has 4 heteroatoms. The third kappa shape index (κ3) is 7.11. The summed E-state index contributed by atoms with van der Waals surface area (Å²) in [6.45, 7) is 7.60. The highest BCUT2D eigenvalue weighted by Gasteiger charge is 2.04. The molecule has 0 fully saturated rings. The molecular weight excluding hydrogens is 248 g/mol. The third-order valence-electron chi connectivity index (χ3n) is 2.88. The second-order valence-electron chi connectivity index (χ2n) is 5.28. The Balaban J connectivity index is 2.19. The Morgan fingerprint density at radius 2 is 1.68 bits per heavy atom. The number of hydrogen-bond donors (Lipinski definition) is 1. The van der Waals surface area contributed by atoms with Crippen LogP contribution in [0.4, 0.5) is 8.78 Å². The minimum atomic E-state index is -0.617. The SMILES string of the molecule is CC(C)CCC(C)NCCOc1cc(F)cc(F)c1. The molecule has 0 amide bonds. The first kappa shape index (κ1) is 15.9. The van der Waals surface area contributed by atoms with Gasteiger partial charge in [-0.1, -0.05) is 13.8 Å². The lowest BCUT2D eigenvalue weighted by Gasteiger charge is -2.15. The van der Waals surface area contributed by atoms with E-state index in [0.717, 1.165) is 12.5 Å². The molecule has 0 aliphatic carbocycles. The molecule has 1 atom stereocenters. The van der Waals surface area contributed by atoms with Gasteiger partial charge in [0.2, 0.25) is 0 Å². The van der Waals surface area contributed by atoms with Crippen molar-refractivity contribution in [3.63, 3.8) is 0 Å². The average molecular weight is 271 g/mol. The van der Waals surface area contributed by atoms with Crippen molar-refractivity contribution in [2.45, 2.75) is 39.7 Å². The van der Waals surface area contributed by atoms with Gasteiger partial charge in [0.05, 0.1) is 0 Å². The third-order valence-corrected chi connectivity index (χ3v) is 2.88. The van der Waals surface area contributed by atoms with Crippen LogP contribution < -0.4 is 10.1 Å². The van der Waals surface area contributed by atoms with Gasteiger partial charge in [-0.15, -0.1) is 0 Å². The zero-order chi connectivity index (χ0) is 14.3. The molecule has 0 aromatic heterocycles. The Morgan fingerprint density at radius 1 is 1.05 bits per heavy atom. The van der Waals surface area contributed by atoms with Crippen molar-refractivity contribution < 1.29 is 13.5 Å². The topological polar surface area (TPSA) is 21.3 Å². The zero-order valence-electron chi connectivity index (χ0n) is 11.9. The fourth-order valence-corrected chi connectivity index (χ4v) is 1.77. The van der Waals surface area contributed by atoms with Gasteiger partial charge in [-0.05, 0) is 25.7 Å². The van der Waals surface area contributed by atoms with E-state index < -0.39 is 11.6 Å². The molecule has 0 saturated carbocycles. The Labute approximate surface area is 114 Å². The highest BCUT2D eigenvalue weighted by molar-refractivity contribution is 5.23. The quantitative estimate of drug-likeness (QED) is 0.727. The fraction of sp³-hybridized carbons (Fsp3) is 0.600. The summed E-state index contributed by atoms with van der Waals surface area (Å²) in [5.74, 6) is -0.300. The van der Waals surface area contributed by atoms with E-state index in [1.807, 2.05) is 0 Å². The van der Waals surface area contributed by atoms with E-state index >= 15 is 0 Å². The first-order valence-corrected chi connectivity index (χ1v) is 6.79. The van der Waals surface area contributed by atoms with Crippen LogP contribution >= 0.6 is 0 Å². The van der Waals surface area contributed by atoms with Crippen molar-refractivity contribution in [3.05, 3.63) is 29.8 Å². The summed E-state index contributed by atoms with van der Waals surface area (Å²) < 4.78 is 31.1. The summed E-state index contributed by atoms with van der Waals surface area (Å²) in [5, 5.41) is 3.32. The van der Waals surface area contributed by atoms with E-state index in [2.05, 4.69) is 26.1 Å². The molecule has 1 unspecified atom stereocenters. The summed E-state index contributed by atoms with van der Waals surface area (Å²) in [6.07, 6.45) is 2.30. The number of benzene rings is 1. The van der Waals surface area contributed by atoms with Crippen molar-refractivity contribution in [3.8, 4) is 5.75 Å². The van der Waals surface area contributed by atoms with Crippen LogP contribution in [-0.2, 0) is 0 Å². The Bertz CT molecular complexity index is 362. The van der Waals surface area contributed by atoms with E-state index in [-0.39, 0.29) is 5.75 Å². The zero-order valence-corrected chi connectivity index (χ0v) is 11.9. The monoisotopic (exact) mass is 271 g/mol. The van der Waals surface area contributed by atoms with E-state index in [1.165, 1.54) is 18.6 Å². The van der Waals surface area contributed by atoms with Gasteiger partial charge in [-0.25, -0.2) is 8.78 Å². The highest BCUT2D eigenvalue weighted by atomic mass is 19.1. The van der Waals surface area contributed by atoms with Crippen LogP contribution in [0.15, 0.2) is 18.2 Å². The largest absolute Gasteiger partial charge is 0.492 e. The van der Waals surface area contributed by atoms with Crippen LogP contribution in [0.25, 0.3) is 0 Å². The first-order valence-electron chi connectivity index (χ1n) is 6.79. The molecule has 0 radical (unpaired) electrons. The average Bonchev–Trinajstić information content (AvgIpc) is 2.31. The molecule has 0 aliphatic rings. The second kappa shape index (κ2) is 8.10. The maximum absolute atomic E-state index is 12.9. The molecule has 19 heavy (non-hydrogen) atoms. The summed E-state index contributed by atoms with van der Waals surface area (Å²) in [5.41, 5.74) is 0. The lowest BCUT2D eigenvalue weighted by Crippen LogP contribution is -2.30. The molecule has 108 valence electrons. The summed E-state index contributed by atoms with van der Waals surface area (Å²) in [4.78, 5) is 0. The van der Waals surface area contributed by atoms with Gasteiger partial charge in [0, 0.05) is 30.8 Å². The van der Waals surface area contributed by atoms with E-state index in [0.29, 0.717) is 25.1 Å². The molecule has 1 aromatic rings. The number of rotatable bonds is 8. The normalized spacial score (nSPS) is 12.7. The molecule has 0 bridgehead atoms. The summed E-state index contributed by atoms with van der Waals surface area (Å²) >= 11 is 0. The molecule has 0 aliphatic heterocycles. The molecule has 0 heterocycles.